The van der Waals surface area contributed by atoms with Gasteiger partial charge in [0, 0.05) is 6.07 Å². The van der Waals surface area contributed by atoms with Crippen molar-refractivity contribution in [3.8, 4) is 5.40 Å². The maximum Gasteiger partial charge on any atom is 0.284 e. The summed E-state index contributed by atoms with van der Waals surface area (Å²) in [5.41, 5.74) is 1.81. The van der Waals surface area contributed by atoms with Gasteiger partial charge in [-0.2, -0.15) is 5.26 Å². The highest BCUT2D eigenvalue weighted by Gasteiger charge is 2.15. The lowest BCUT2D eigenvalue weighted by Crippen LogP contribution is -1.93. The third-order valence-electron chi connectivity index (χ3n) is 1.93. The van der Waals surface area contributed by atoms with Gasteiger partial charge in [-0.15, -0.1) is 0 Å². The van der Waals surface area contributed by atoms with E-state index >= 15 is 0 Å². The Morgan fingerprint density at radius 1 is 1.43 bits per heavy atom. The summed E-state index contributed by atoms with van der Waals surface area (Å²) >= 11 is 0.817. The maximum absolute atomic E-state index is 10.6. The van der Waals surface area contributed by atoms with Crippen molar-refractivity contribution in [3.63, 3.8) is 0 Å². The van der Waals surface area contributed by atoms with Crippen LogP contribution >= 0.6 is 11.8 Å². The summed E-state index contributed by atoms with van der Waals surface area (Å²) in [6.45, 7) is 3.67. The number of nitro groups is 1. The maximum atomic E-state index is 10.6. The Hall–Kier alpha value is -1.54. The summed E-state index contributed by atoms with van der Waals surface area (Å²) in [4.78, 5) is 10.6. The molecule has 0 heterocycles. The Labute approximate surface area is 85.7 Å². The molecule has 72 valence electrons. The summed E-state index contributed by atoms with van der Waals surface area (Å²) in [6, 6.07) is 3.16. The molecule has 0 unspecified atom stereocenters. The van der Waals surface area contributed by atoms with E-state index in [2.05, 4.69) is 0 Å². The molecule has 0 aromatic heterocycles. The molecule has 1 aromatic rings. The van der Waals surface area contributed by atoms with Crippen molar-refractivity contribution in [2.75, 3.05) is 0 Å². The average Bonchev–Trinajstić information content (AvgIpc) is 2.11. The number of aryl methyl sites for hydroxylation is 2. The monoisotopic (exact) mass is 208 g/mol. The van der Waals surface area contributed by atoms with E-state index in [9.17, 15) is 10.1 Å². The fraction of sp³-hybridized carbons (Fsp3) is 0.222. The fourth-order valence-electron chi connectivity index (χ4n) is 1.05. The van der Waals surface area contributed by atoms with Crippen LogP contribution in [0.2, 0.25) is 0 Å². The molecule has 0 saturated heterocycles. The molecule has 4 nitrogen and oxygen atoms in total. The minimum atomic E-state index is -0.466. The fourth-order valence-corrected chi connectivity index (χ4v) is 1.62. The molecule has 14 heavy (non-hydrogen) atoms. The second-order valence-electron chi connectivity index (χ2n) is 2.85. The van der Waals surface area contributed by atoms with Gasteiger partial charge in [-0.1, -0.05) is 0 Å². The predicted molar refractivity (Wildman–Crippen MR) is 54.0 cm³/mol. The highest BCUT2D eigenvalue weighted by Crippen LogP contribution is 2.30. The Morgan fingerprint density at radius 3 is 2.50 bits per heavy atom. The van der Waals surface area contributed by atoms with Crippen molar-refractivity contribution in [2.24, 2.45) is 0 Å². The quantitative estimate of drug-likeness (QED) is 0.324. The first-order valence-electron chi connectivity index (χ1n) is 3.88. The normalized spacial score (nSPS) is 9.50. The first-order valence-corrected chi connectivity index (χ1v) is 4.69. The summed E-state index contributed by atoms with van der Waals surface area (Å²) in [5.74, 6) is 0. The van der Waals surface area contributed by atoms with Crippen LogP contribution in [0.4, 0.5) is 5.69 Å². The molecule has 0 aliphatic rings. The van der Waals surface area contributed by atoms with Gasteiger partial charge >= 0.3 is 0 Å². The molecule has 0 fully saturated rings. The molecule has 0 saturated carbocycles. The van der Waals surface area contributed by atoms with Gasteiger partial charge in [0.05, 0.1) is 4.92 Å². The van der Waals surface area contributed by atoms with Gasteiger partial charge in [0.1, 0.15) is 10.3 Å². The van der Waals surface area contributed by atoms with Crippen LogP contribution < -0.4 is 0 Å². The van der Waals surface area contributed by atoms with Gasteiger partial charge < -0.3 is 0 Å². The van der Waals surface area contributed by atoms with Crippen LogP contribution in [0.3, 0.4) is 0 Å². The zero-order valence-corrected chi connectivity index (χ0v) is 8.59. The molecule has 0 amide bonds. The lowest BCUT2D eigenvalue weighted by atomic mass is 10.1. The van der Waals surface area contributed by atoms with Crippen LogP contribution in [0, 0.1) is 34.6 Å². The Kier molecular flexibility index (Phi) is 3.10. The van der Waals surface area contributed by atoms with Crippen molar-refractivity contribution < 1.29 is 4.92 Å². The van der Waals surface area contributed by atoms with E-state index in [-0.39, 0.29) is 5.69 Å². The van der Waals surface area contributed by atoms with Crippen LogP contribution in [-0.2, 0) is 0 Å². The Balaban J connectivity index is 3.32. The zero-order valence-electron chi connectivity index (χ0n) is 7.77. The van der Waals surface area contributed by atoms with Crippen molar-refractivity contribution >= 4 is 17.4 Å². The second kappa shape index (κ2) is 4.11. The highest BCUT2D eigenvalue weighted by molar-refractivity contribution is 8.03. The molecule has 5 heteroatoms. The number of rotatable bonds is 2. The molecule has 0 radical (unpaired) electrons. The van der Waals surface area contributed by atoms with Crippen molar-refractivity contribution in [2.45, 2.75) is 18.7 Å². The number of nitro benzene ring substituents is 1. The molecule has 1 aromatic carbocycles. The van der Waals surface area contributed by atoms with Crippen molar-refractivity contribution in [3.05, 3.63) is 33.4 Å². The van der Waals surface area contributed by atoms with Gasteiger partial charge in [-0.05, 0) is 42.8 Å². The average molecular weight is 208 g/mol. The lowest BCUT2D eigenvalue weighted by Gasteiger charge is -2.02. The number of thiocyanates is 1. The Morgan fingerprint density at radius 2 is 2.00 bits per heavy atom. The van der Waals surface area contributed by atoms with Gasteiger partial charge in [-0.3, -0.25) is 10.1 Å². The number of hydrogen-bond donors (Lipinski definition) is 0. The van der Waals surface area contributed by atoms with Crippen LogP contribution in [0.5, 0.6) is 0 Å². The number of benzene rings is 1. The molecule has 0 aliphatic carbocycles. The number of thioether (sulfide) groups is 1. The molecule has 0 aliphatic heterocycles. The summed E-state index contributed by atoms with van der Waals surface area (Å²) in [5, 5.41) is 21.0. The minimum absolute atomic E-state index is 0.000324. The summed E-state index contributed by atoms with van der Waals surface area (Å²) in [7, 11) is 0. The van der Waals surface area contributed by atoms with E-state index in [4.69, 9.17) is 5.26 Å². The molecule has 1 rings (SSSR count). The predicted octanol–water partition coefficient (Wildman–Crippen LogP) is 2.78. The van der Waals surface area contributed by atoms with Gasteiger partial charge in [0.15, 0.2) is 0 Å². The minimum Gasteiger partial charge on any atom is -0.258 e. The van der Waals surface area contributed by atoms with Crippen LogP contribution in [-0.4, -0.2) is 4.92 Å². The lowest BCUT2D eigenvalue weighted by molar-refractivity contribution is -0.387. The molecule has 0 bridgehead atoms. The van der Waals surface area contributed by atoms with E-state index in [0.717, 1.165) is 22.9 Å². The summed E-state index contributed by atoms with van der Waals surface area (Å²) < 4.78 is 0. The third kappa shape index (κ3) is 2.03. The molecule has 0 N–H and O–H groups in total. The van der Waals surface area contributed by atoms with E-state index in [1.54, 1.807) is 6.07 Å². The second-order valence-corrected chi connectivity index (χ2v) is 3.68. The topological polar surface area (TPSA) is 66.9 Å². The zero-order chi connectivity index (χ0) is 10.7. The smallest absolute Gasteiger partial charge is 0.258 e. The van der Waals surface area contributed by atoms with E-state index < -0.39 is 4.92 Å². The van der Waals surface area contributed by atoms with E-state index in [0.29, 0.717) is 4.90 Å². The first-order chi connectivity index (χ1) is 6.56. The van der Waals surface area contributed by atoms with Crippen LogP contribution in [0.25, 0.3) is 0 Å². The molecule has 0 spiro atoms. The third-order valence-corrected chi connectivity index (χ3v) is 2.57. The summed E-state index contributed by atoms with van der Waals surface area (Å²) in [6.07, 6.45) is 0. The molecular weight excluding hydrogens is 200 g/mol. The van der Waals surface area contributed by atoms with Crippen LogP contribution in [0.1, 0.15) is 11.1 Å². The SMILES string of the molecule is Cc1cc(SC#N)c([N+](=O)[O-])cc1C. The number of hydrogen-bond acceptors (Lipinski definition) is 4. The van der Waals surface area contributed by atoms with Gasteiger partial charge in [-0.25, -0.2) is 0 Å². The van der Waals surface area contributed by atoms with E-state index in [1.807, 2.05) is 19.2 Å². The van der Waals surface area contributed by atoms with Gasteiger partial charge in [0.25, 0.3) is 5.69 Å². The largest absolute Gasteiger partial charge is 0.284 e. The first kappa shape index (κ1) is 10.5. The molecule has 0 atom stereocenters. The number of nitriles is 1. The molecular formula is C9H8N2O2S. The van der Waals surface area contributed by atoms with Crippen molar-refractivity contribution in [1.29, 1.82) is 5.26 Å². The van der Waals surface area contributed by atoms with E-state index in [1.165, 1.54) is 6.07 Å². The standard InChI is InChI=1S/C9H8N2O2S/c1-6-3-8(11(12)13)9(14-5-10)4-7(6)2/h3-4H,1-2H3. The van der Waals surface area contributed by atoms with Crippen LogP contribution in [0.15, 0.2) is 17.0 Å². The van der Waals surface area contributed by atoms with Gasteiger partial charge in [0.2, 0.25) is 0 Å². The highest BCUT2D eigenvalue weighted by atomic mass is 32.2. The van der Waals surface area contributed by atoms with Crippen molar-refractivity contribution in [1.82, 2.24) is 0 Å². The number of nitrogens with zero attached hydrogens (tertiary/aromatic N) is 2. The Bertz CT molecular complexity index is 424.